The second-order valence-electron chi connectivity index (χ2n) is 4.93. The molecule has 4 heteroatoms. The Bertz CT molecular complexity index is 556. The molecular formula is C15H20N2O2. The summed E-state index contributed by atoms with van der Waals surface area (Å²) in [7, 11) is 1.60. The summed E-state index contributed by atoms with van der Waals surface area (Å²) in [5.74, 6) is 0.845. The molecular weight excluding hydrogens is 240 g/mol. The number of hydrogen-bond acceptors (Lipinski definition) is 3. The summed E-state index contributed by atoms with van der Waals surface area (Å²) in [6.45, 7) is 6.09. The Morgan fingerprint density at radius 1 is 1.26 bits per heavy atom. The molecule has 0 bridgehead atoms. The van der Waals surface area contributed by atoms with Crippen molar-refractivity contribution in [2.24, 2.45) is 0 Å². The van der Waals surface area contributed by atoms with E-state index in [-0.39, 0.29) is 12.5 Å². The van der Waals surface area contributed by atoms with E-state index in [1.807, 2.05) is 31.2 Å². The topological polar surface area (TPSA) is 47.3 Å². The lowest BCUT2D eigenvalue weighted by Crippen LogP contribution is -2.01. The Balaban J connectivity index is 2.59. The third kappa shape index (κ3) is 2.49. The van der Waals surface area contributed by atoms with Crippen molar-refractivity contribution in [3.8, 4) is 11.6 Å². The predicted octanol–water partition coefficient (Wildman–Crippen LogP) is 2.81. The molecule has 1 aromatic heterocycles. The number of aryl methyl sites for hydroxylation is 1. The van der Waals surface area contributed by atoms with Gasteiger partial charge in [0.15, 0.2) is 0 Å². The zero-order valence-corrected chi connectivity index (χ0v) is 11.8. The molecule has 0 fully saturated rings. The highest BCUT2D eigenvalue weighted by atomic mass is 16.5. The van der Waals surface area contributed by atoms with Crippen LogP contribution in [0.3, 0.4) is 0 Å². The molecule has 1 N–H and O–H groups in total. The van der Waals surface area contributed by atoms with E-state index < -0.39 is 0 Å². The summed E-state index contributed by atoms with van der Waals surface area (Å²) in [5, 5.41) is 14.1. The van der Waals surface area contributed by atoms with Gasteiger partial charge in [0, 0.05) is 0 Å². The Hall–Kier alpha value is -1.81. The minimum Gasteiger partial charge on any atom is -0.481 e. The highest BCUT2D eigenvalue weighted by molar-refractivity contribution is 5.42. The van der Waals surface area contributed by atoms with E-state index in [0.29, 0.717) is 5.88 Å². The number of methoxy groups -OCH3 is 1. The summed E-state index contributed by atoms with van der Waals surface area (Å²) in [6, 6.07) is 8.06. The number of aliphatic hydroxyl groups excluding tert-OH is 1. The van der Waals surface area contributed by atoms with E-state index in [0.717, 1.165) is 16.9 Å². The quantitative estimate of drug-likeness (QED) is 0.919. The molecule has 0 aliphatic carbocycles. The van der Waals surface area contributed by atoms with Crippen molar-refractivity contribution in [2.45, 2.75) is 33.3 Å². The second kappa shape index (κ2) is 5.45. The van der Waals surface area contributed by atoms with Crippen molar-refractivity contribution in [2.75, 3.05) is 7.11 Å². The van der Waals surface area contributed by atoms with Gasteiger partial charge in [-0.05, 0) is 25.0 Å². The molecule has 1 aromatic carbocycles. The maximum Gasteiger partial charge on any atom is 0.222 e. The smallest absolute Gasteiger partial charge is 0.222 e. The number of benzene rings is 1. The van der Waals surface area contributed by atoms with E-state index >= 15 is 0 Å². The minimum absolute atomic E-state index is 0.0669. The fourth-order valence-corrected chi connectivity index (χ4v) is 2.13. The van der Waals surface area contributed by atoms with Gasteiger partial charge in [0.1, 0.15) is 0 Å². The summed E-state index contributed by atoms with van der Waals surface area (Å²) >= 11 is 0. The van der Waals surface area contributed by atoms with Crippen molar-refractivity contribution in [3.63, 3.8) is 0 Å². The van der Waals surface area contributed by atoms with Crippen LogP contribution in [0.4, 0.5) is 0 Å². The van der Waals surface area contributed by atoms with E-state index in [9.17, 15) is 5.11 Å². The monoisotopic (exact) mass is 260 g/mol. The van der Waals surface area contributed by atoms with Crippen LogP contribution in [0.1, 0.15) is 36.6 Å². The van der Waals surface area contributed by atoms with Crippen LogP contribution in [0.5, 0.6) is 5.88 Å². The van der Waals surface area contributed by atoms with Crippen LogP contribution < -0.4 is 4.74 Å². The Morgan fingerprint density at radius 3 is 2.37 bits per heavy atom. The molecule has 0 radical (unpaired) electrons. The lowest BCUT2D eigenvalue weighted by atomic mass is 10.1. The fourth-order valence-electron chi connectivity index (χ4n) is 2.13. The zero-order valence-electron chi connectivity index (χ0n) is 11.8. The SMILES string of the molecule is COc1c(CO)c(C(C)C)nn1-c1ccc(C)cc1. The molecule has 0 amide bonds. The van der Waals surface area contributed by atoms with E-state index in [1.165, 1.54) is 5.56 Å². The number of hydrogen-bond donors (Lipinski definition) is 1. The van der Waals surface area contributed by atoms with E-state index in [2.05, 4.69) is 18.9 Å². The molecule has 19 heavy (non-hydrogen) atoms. The van der Waals surface area contributed by atoms with Crippen LogP contribution in [0.2, 0.25) is 0 Å². The average molecular weight is 260 g/mol. The van der Waals surface area contributed by atoms with Crippen LogP contribution in [-0.2, 0) is 6.61 Å². The molecule has 4 nitrogen and oxygen atoms in total. The van der Waals surface area contributed by atoms with Crippen LogP contribution in [0, 0.1) is 6.92 Å². The molecule has 0 saturated heterocycles. The molecule has 0 unspecified atom stereocenters. The first-order valence-corrected chi connectivity index (χ1v) is 6.42. The van der Waals surface area contributed by atoms with Crippen molar-refractivity contribution < 1.29 is 9.84 Å². The third-order valence-electron chi connectivity index (χ3n) is 3.14. The van der Waals surface area contributed by atoms with Crippen molar-refractivity contribution in [3.05, 3.63) is 41.1 Å². The van der Waals surface area contributed by atoms with Crippen molar-refractivity contribution in [1.29, 1.82) is 0 Å². The average Bonchev–Trinajstić information content (AvgIpc) is 2.78. The van der Waals surface area contributed by atoms with Crippen molar-refractivity contribution in [1.82, 2.24) is 9.78 Å². The first-order chi connectivity index (χ1) is 9.08. The second-order valence-corrected chi connectivity index (χ2v) is 4.93. The van der Waals surface area contributed by atoms with Crippen LogP contribution in [0.15, 0.2) is 24.3 Å². The summed E-state index contributed by atoms with van der Waals surface area (Å²) in [6.07, 6.45) is 0. The van der Waals surface area contributed by atoms with Gasteiger partial charge in [0.25, 0.3) is 0 Å². The Morgan fingerprint density at radius 2 is 1.89 bits per heavy atom. The number of aliphatic hydroxyl groups is 1. The van der Waals surface area contributed by atoms with Gasteiger partial charge in [-0.2, -0.15) is 5.10 Å². The molecule has 0 aliphatic heterocycles. The summed E-state index contributed by atoms with van der Waals surface area (Å²) in [4.78, 5) is 0. The van der Waals surface area contributed by atoms with Crippen molar-refractivity contribution >= 4 is 0 Å². The fraction of sp³-hybridized carbons (Fsp3) is 0.400. The largest absolute Gasteiger partial charge is 0.481 e. The Kier molecular flexibility index (Phi) is 3.90. The highest BCUT2D eigenvalue weighted by Crippen LogP contribution is 2.30. The van der Waals surface area contributed by atoms with Crippen LogP contribution >= 0.6 is 0 Å². The molecule has 0 saturated carbocycles. The lowest BCUT2D eigenvalue weighted by Gasteiger charge is -2.07. The normalized spacial score (nSPS) is 11.1. The number of rotatable bonds is 4. The first-order valence-electron chi connectivity index (χ1n) is 6.42. The summed E-state index contributed by atoms with van der Waals surface area (Å²) < 4.78 is 7.17. The molecule has 2 rings (SSSR count). The van der Waals surface area contributed by atoms with Gasteiger partial charge in [-0.15, -0.1) is 0 Å². The predicted molar refractivity (Wildman–Crippen MR) is 74.9 cm³/mol. The van der Waals surface area contributed by atoms with Gasteiger partial charge in [-0.3, -0.25) is 0 Å². The van der Waals surface area contributed by atoms with Gasteiger partial charge >= 0.3 is 0 Å². The van der Waals surface area contributed by atoms with Crippen LogP contribution in [-0.4, -0.2) is 22.0 Å². The van der Waals surface area contributed by atoms with Gasteiger partial charge in [0.05, 0.1) is 30.7 Å². The minimum atomic E-state index is -0.0669. The zero-order chi connectivity index (χ0) is 14.0. The van der Waals surface area contributed by atoms with Gasteiger partial charge < -0.3 is 9.84 Å². The summed E-state index contributed by atoms with van der Waals surface area (Å²) in [5.41, 5.74) is 3.77. The van der Waals surface area contributed by atoms with Gasteiger partial charge in [-0.25, -0.2) is 4.68 Å². The number of nitrogens with zero attached hydrogens (tertiary/aromatic N) is 2. The molecule has 1 heterocycles. The number of aromatic nitrogens is 2. The standard InChI is InChI=1S/C15H20N2O2/c1-10(2)14-13(9-18)15(19-4)17(16-14)12-7-5-11(3)6-8-12/h5-8,10,18H,9H2,1-4H3. The third-order valence-corrected chi connectivity index (χ3v) is 3.14. The number of ether oxygens (including phenoxy) is 1. The van der Waals surface area contributed by atoms with Crippen LogP contribution in [0.25, 0.3) is 5.69 Å². The maximum absolute atomic E-state index is 9.55. The highest BCUT2D eigenvalue weighted by Gasteiger charge is 2.20. The maximum atomic E-state index is 9.55. The molecule has 102 valence electrons. The lowest BCUT2D eigenvalue weighted by molar-refractivity contribution is 0.270. The molecule has 0 atom stereocenters. The molecule has 0 spiro atoms. The van der Waals surface area contributed by atoms with E-state index in [4.69, 9.17) is 4.74 Å². The van der Waals surface area contributed by atoms with Gasteiger partial charge in [-0.1, -0.05) is 31.5 Å². The molecule has 0 aliphatic rings. The first kappa shape index (κ1) is 13.6. The van der Waals surface area contributed by atoms with E-state index in [1.54, 1.807) is 11.8 Å². The Labute approximate surface area is 113 Å². The van der Waals surface area contributed by atoms with Gasteiger partial charge in [0.2, 0.25) is 5.88 Å². The molecule has 2 aromatic rings.